The van der Waals surface area contributed by atoms with Gasteiger partial charge in [-0.1, -0.05) is 48.5 Å². The summed E-state index contributed by atoms with van der Waals surface area (Å²) in [5, 5.41) is 12.8. The van der Waals surface area contributed by atoms with E-state index in [4.69, 9.17) is 0 Å². The van der Waals surface area contributed by atoms with Gasteiger partial charge < -0.3 is 14.9 Å². The number of rotatable bonds is 5. The Morgan fingerprint density at radius 3 is 2.33 bits per heavy atom. The topological polar surface area (TPSA) is 47.0 Å². The Morgan fingerprint density at radius 2 is 1.57 bits per heavy atom. The molecule has 5 nitrogen and oxygen atoms in total. The van der Waals surface area contributed by atoms with Crippen LogP contribution < -0.4 is 4.90 Å². The number of benzene rings is 3. The van der Waals surface area contributed by atoms with E-state index < -0.39 is 6.23 Å². The lowest BCUT2D eigenvalue weighted by Crippen LogP contribution is -2.47. The summed E-state index contributed by atoms with van der Waals surface area (Å²) >= 11 is 0. The van der Waals surface area contributed by atoms with Crippen molar-refractivity contribution in [1.29, 1.82) is 0 Å². The summed E-state index contributed by atoms with van der Waals surface area (Å²) in [6.07, 6.45) is -0.0160. The van der Waals surface area contributed by atoms with Gasteiger partial charge in [-0.3, -0.25) is 9.69 Å². The largest absolute Gasteiger partial charge is 0.369 e. The van der Waals surface area contributed by atoms with E-state index in [2.05, 4.69) is 40.1 Å². The fraction of sp³-hybridized carbons (Fsp3) is 0.320. The van der Waals surface area contributed by atoms with Gasteiger partial charge in [0.15, 0.2) is 6.23 Å². The zero-order valence-corrected chi connectivity index (χ0v) is 17.1. The molecule has 1 saturated heterocycles. The summed E-state index contributed by atoms with van der Waals surface area (Å²) in [5.41, 5.74) is 2.82. The van der Waals surface area contributed by atoms with E-state index in [1.54, 1.807) is 4.90 Å². The van der Waals surface area contributed by atoms with Crippen molar-refractivity contribution in [2.75, 3.05) is 44.2 Å². The van der Waals surface area contributed by atoms with Gasteiger partial charge in [-0.2, -0.15) is 0 Å². The van der Waals surface area contributed by atoms with Gasteiger partial charge in [0.25, 0.3) is 5.91 Å². The van der Waals surface area contributed by atoms with Crippen LogP contribution in [0.5, 0.6) is 0 Å². The second-order valence-corrected chi connectivity index (χ2v) is 8.14. The highest BCUT2D eigenvalue weighted by Crippen LogP contribution is 2.35. The minimum Gasteiger partial charge on any atom is -0.369 e. The molecule has 0 radical (unpaired) electrons. The van der Waals surface area contributed by atoms with Gasteiger partial charge in [-0.05, 0) is 36.6 Å². The van der Waals surface area contributed by atoms with Crippen LogP contribution in [0.25, 0.3) is 10.8 Å². The highest BCUT2D eigenvalue weighted by molar-refractivity contribution is 6.10. The van der Waals surface area contributed by atoms with Crippen LogP contribution in [-0.2, 0) is 0 Å². The number of aliphatic hydroxyl groups is 1. The summed E-state index contributed by atoms with van der Waals surface area (Å²) in [6, 6.07) is 22.2. The fourth-order valence-corrected chi connectivity index (χ4v) is 4.75. The van der Waals surface area contributed by atoms with Crippen LogP contribution in [0.2, 0.25) is 0 Å². The molecule has 5 rings (SSSR count). The third-order valence-electron chi connectivity index (χ3n) is 6.37. The van der Waals surface area contributed by atoms with E-state index in [1.165, 1.54) is 5.69 Å². The van der Waals surface area contributed by atoms with E-state index in [-0.39, 0.29) is 5.91 Å². The lowest BCUT2D eigenvalue weighted by atomic mass is 9.93. The molecule has 1 fully saturated rings. The van der Waals surface area contributed by atoms with E-state index in [9.17, 15) is 9.90 Å². The second kappa shape index (κ2) is 8.09. The lowest BCUT2D eigenvalue weighted by molar-refractivity contribution is 0.00337. The Morgan fingerprint density at radius 1 is 0.833 bits per heavy atom. The summed E-state index contributed by atoms with van der Waals surface area (Å²) in [6.45, 7) is 5.57. The SMILES string of the molecule is O=C1c2cccc3cccc(c23)C(O)N1CCCN1CCN(c2ccccc2)CC1. The van der Waals surface area contributed by atoms with E-state index in [0.29, 0.717) is 12.1 Å². The smallest absolute Gasteiger partial charge is 0.256 e. The molecule has 0 aromatic heterocycles. The molecular weight excluding hydrogens is 374 g/mol. The molecule has 0 spiro atoms. The molecule has 2 aliphatic heterocycles. The molecule has 2 aliphatic rings. The van der Waals surface area contributed by atoms with Gasteiger partial charge in [0, 0.05) is 54.9 Å². The predicted molar refractivity (Wildman–Crippen MR) is 120 cm³/mol. The van der Waals surface area contributed by atoms with Crippen LogP contribution in [0.15, 0.2) is 66.7 Å². The number of amides is 1. The number of hydrogen-bond donors (Lipinski definition) is 1. The number of anilines is 1. The molecule has 30 heavy (non-hydrogen) atoms. The highest BCUT2D eigenvalue weighted by atomic mass is 16.3. The average molecular weight is 402 g/mol. The Labute approximate surface area is 177 Å². The third kappa shape index (κ3) is 3.44. The predicted octanol–water partition coefficient (Wildman–Crippen LogP) is 3.50. The minimum atomic E-state index is -0.869. The normalized spacial score (nSPS) is 19.5. The van der Waals surface area contributed by atoms with Crippen molar-refractivity contribution in [3.05, 3.63) is 77.9 Å². The van der Waals surface area contributed by atoms with Crippen molar-refractivity contribution in [2.45, 2.75) is 12.6 Å². The number of hydrogen-bond acceptors (Lipinski definition) is 4. The summed E-state index contributed by atoms with van der Waals surface area (Å²) < 4.78 is 0. The molecule has 3 aromatic rings. The molecule has 1 amide bonds. The zero-order valence-electron chi connectivity index (χ0n) is 17.1. The Balaban J connectivity index is 1.19. The maximum absolute atomic E-state index is 13.0. The molecule has 1 N–H and O–H groups in total. The van der Waals surface area contributed by atoms with Crippen molar-refractivity contribution < 1.29 is 9.90 Å². The van der Waals surface area contributed by atoms with Crippen LogP contribution in [0.4, 0.5) is 5.69 Å². The van der Waals surface area contributed by atoms with Gasteiger partial charge in [0.1, 0.15) is 0 Å². The fourth-order valence-electron chi connectivity index (χ4n) is 4.75. The maximum Gasteiger partial charge on any atom is 0.256 e. The quantitative estimate of drug-likeness (QED) is 0.711. The van der Waals surface area contributed by atoms with Crippen LogP contribution in [-0.4, -0.2) is 60.1 Å². The van der Waals surface area contributed by atoms with Crippen molar-refractivity contribution in [3.8, 4) is 0 Å². The van der Waals surface area contributed by atoms with Crippen LogP contribution in [0.3, 0.4) is 0 Å². The van der Waals surface area contributed by atoms with Crippen LogP contribution in [0.1, 0.15) is 28.6 Å². The standard InChI is InChI=1S/C25H27N3O2/c29-24-21-11-4-7-19-8-5-12-22(23(19)21)25(30)28(24)14-6-13-26-15-17-27(18-16-26)20-9-2-1-3-10-20/h1-5,7-12,24,29H,6,13-18H2. The molecular formula is C25H27N3O2. The number of aliphatic hydroxyl groups excluding tert-OH is 1. The van der Waals surface area contributed by atoms with E-state index in [0.717, 1.165) is 55.5 Å². The first kappa shape index (κ1) is 19.1. The lowest BCUT2D eigenvalue weighted by Gasteiger charge is -2.37. The number of para-hydroxylation sites is 1. The molecule has 1 atom stereocenters. The minimum absolute atomic E-state index is 0.0688. The Kier molecular flexibility index (Phi) is 5.15. The molecule has 2 heterocycles. The molecule has 3 aromatic carbocycles. The van der Waals surface area contributed by atoms with Crippen LogP contribution >= 0.6 is 0 Å². The van der Waals surface area contributed by atoms with Crippen LogP contribution in [0, 0.1) is 0 Å². The first-order valence-corrected chi connectivity index (χ1v) is 10.8. The molecule has 5 heteroatoms. The number of nitrogens with zero attached hydrogens (tertiary/aromatic N) is 3. The first-order chi connectivity index (χ1) is 14.7. The van der Waals surface area contributed by atoms with E-state index in [1.807, 2.05) is 36.4 Å². The molecule has 154 valence electrons. The second-order valence-electron chi connectivity index (χ2n) is 8.14. The van der Waals surface area contributed by atoms with Crippen molar-refractivity contribution in [1.82, 2.24) is 9.80 Å². The third-order valence-corrected chi connectivity index (χ3v) is 6.37. The first-order valence-electron chi connectivity index (χ1n) is 10.8. The Bertz CT molecular complexity index is 1040. The van der Waals surface area contributed by atoms with Crippen molar-refractivity contribution in [2.24, 2.45) is 0 Å². The van der Waals surface area contributed by atoms with Gasteiger partial charge >= 0.3 is 0 Å². The monoisotopic (exact) mass is 401 g/mol. The van der Waals surface area contributed by atoms with Gasteiger partial charge in [-0.15, -0.1) is 0 Å². The summed E-state index contributed by atoms with van der Waals surface area (Å²) in [4.78, 5) is 19.5. The number of carbonyl (C=O) groups is 1. The van der Waals surface area contributed by atoms with E-state index >= 15 is 0 Å². The van der Waals surface area contributed by atoms with Gasteiger partial charge in [0.2, 0.25) is 0 Å². The zero-order chi connectivity index (χ0) is 20.5. The maximum atomic E-state index is 13.0. The molecule has 1 unspecified atom stereocenters. The van der Waals surface area contributed by atoms with Gasteiger partial charge in [0.05, 0.1) is 0 Å². The van der Waals surface area contributed by atoms with Crippen molar-refractivity contribution in [3.63, 3.8) is 0 Å². The number of carbonyl (C=O) groups excluding carboxylic acids is 1. The summed E-state index contributed by atoms with van der Waals surface area (Å²) in [5.74, 6) is -0.0688. The molecule has 0 saturated carbocycles. The molecule has 0 bridgehead atoms. The average Bonchev–Trinajstić information content (AvgIpc) is 2.80. The highest BCUT2D eigenvalue weighted by Gasteiger charge is 2.32. The van der Waals surface area contributed by atoms with Crippen molar-refractivity contribution >= 4 is 22.4 Å². The molecule has 0 aliphatic carbocycles. The van der Waals surface area contributed by atoms with Gasteiger partial charge in [-0.25, -0.2) is 0 Å². The summed E-state index contributed by atoms with van der Waals surface area (Å²) in [7, 11) is 0. The number of piperazine rings is 1. The Hall–Kier alpha value is -2.89.